The van der Waals surface area contributed by atoms with Crippen LogP contribution in [0.5, 0.6) is 0 Å². The lowest BCUT2D eigenvalue weighted by atomic mass is 10.2. The molecule has 1 amide bonds. The monoisotopic (exact) mass is 260 g/mol. The van der Waals surface area contributed by atoms with Crippen LogP contribution in [0.2, 0.25) is 0 Å². The molecule has 3 heterocycles. The van der Waals surface area contributed by atoms with Crippen LogP contribution >= 0.6 is 11.3 Å². The third-order valence-electron chi connectivity index (χ3n) is 2.31. The number of thiophene rings is 1. The van der Waals surface area contributed by atoms with Gasteiger partial charge < -0.3 is 14.3 Å². The second-order valence-electron chi connectivity index (χ2n) is 3.52. The van der Waals surface area contributed by atoms with Crippen molar-refractivity contribution in [2.24, 2.45) is 0 Å². The van der Waals surface area contributed by atoms with Crippen LogP contribution in [0.3, 0.4) is 0 Å². The minimum absolute atomic E-state index is 0.216. The Kier molecular flexibility index (Phi) is 2.70. The van der Waals surface area contributed by atoms with E-state index in [0.717, 1.165) is 11.3 Å². The number of amides is 1. The highest BCUT2D eigenvalue weighted by molar-refractivity contribution is 7.12. The zero-order chi connectivity index (χ0) is 12.4. The summed E-state index contributed by atoms with van der Waals surface area (Å²) in [6.07, 6.45) is 3.00. The summed E-state index contributed by atoms with van der Waals surface area (Å²) in [5.74, 6) is 0.923. The number of anilines is 1. The van der Waals surface area contributed by atoms with E-state index in [9.17, 15) is 4.79 Å². The predicted octanol–water partition coefficient (Wildman–Crippen LogP) is 3.25. The molecule has 0 aliphatic rings. The molecule has 0 aliphatic carbocycles. The average molecular weight is 260 g/mol. The van der Waals surface area contributed by atoms with Gasteiger partial charge in [-0.2, -0.15) is 0 Å². The number of aromatic nitrogens is 1. The maximum Gasteiger partial charge on any atom is 0.266 e. The van der Waals surface area contributed by atoms with Crippen LogP contribution < -0.4 is 5.32 Å². The highest BCUT2D eigenvalue weighted by Gasteiger charge is 2.12. The fourth-order valence-electron chi connectivity index (χ4n) is 1.48. The van der Waals surface area contributed by atoms with Gasteiger partial charge in [-0.3, -0.25) is 4.79 Å². The van der Waals surface area contributed by atoms with Crippen molar-refractivity contribution in [2.75, 3.05) is 5.32 Å². The van der Waals surface area contributed by atoms with Crippen LogP contribution in [0.15, 0.2) is 51.1 Å². The molecule has 0 saturated heterocycles. The Labute approximate surface area is 106 Å². The minimum Gasteiger partial charge on any atom is -0.464 e. The normalized spacial score (nSPS) is 10.4. The van der Waals surface area contributed by atoms with E-state index in [-0.39, 0.29) is 5.91 Å². The first-order valence-electron chi connectivity index (χ1n) is 5.17. The van der Waals surface area contributed by atoms with Crippen LogP contribution in [0.25, 0.3) is 11.3 Å². The summed E-state index contributed by atoms with van der Waals surface area (Å²) >= 11 is 1.35. The fourth-order valence-corrected chi connectivity index (χ4v) is 2.27. The molecule has 5 nitrogen and oxygen atoms in total. The summed E-state index contributed by atoms with van der Waals surface area (Å²) in [5, 5.41) is 8.12. The third-order valence-corrected chi connectivity index (χ3v) is 3.24. The average Bonchev–Trinajstić information content (AvgIpc) is 3.11. The predicted molar refractivity (Wildman–Crippen MR) is 66.5 cm³/mol. The van der Waals surface area contributed by atoms with Crippen molar-refractivity contribution in [1.82, 2.24) is 5.16 Å². The van der Waals surface area contributed by atoms with Crippen LogP contribution in [0, 0.1) is 0 Å². The van der Waals surface area contributed by atoms with Gasteiger partial charge in [0.25, 0.3) is 5.91 Å². The molecule has 0 saturated carbocycles. The Hall–Kier alpha value is -2.34. The molecule has 18 heavy (non-hydrogen) atoms. The lowest BCUT2D eigenvalue weighted by molar-refractivity contribution is 0.102. The molecule has 3 rings (SSSR count). The van der Waals surface area contributed by atoms with Gasteiger partial charge in [-0.25, -0.2) is 0 Å². The first-order valence-corrected chi connectivity index (χ1v) is 6.05. The van der Waals surface area contributed by atoms with E-state index in [1.165, 1.54) is 17.6 Å². The number of furan rings is 1. The molecule has 6 heteroatoms. The fraction of sp³-hybridized carbons (Fsp3) is 0. The summed E-state index contributed by atoms with van der Waals surface area (Å²) in [7, 11) is 0. The van der Waals surface area contributed by atoms with Crippen LogP contribution in [-0.4, -0.2) is 11.1 Å². The van der Waals surface area contributed by atoms with E-state index in [0.29, 0.717) is 10.7 Å². The Morgan fingerprint density at radius 3 is 3.00 bits per heavy atom. The van der Waals surface area contributed by atoms with Gasteiger partial charge in [0.05, 0.1) is 11.1 Å². The van der Waals surface area contributed by atoms with E-state index in [2.05, 4.69) is 15.0 Å². The van der Waals surface area contributed by atoms with E-state index in [4.69, 9.17) is 4.42 Å². The number of carbonyl (C=O) groups is 1. The first kappa shape index (κ1) is 10.8. The van der Waals surface area contributed by atoms with E-state index in [1.54, 1.807) is 18.4 Å². The van der Waals surface area contributed by atoms with Crippen LogP contribution in [0.1, 0.15) is 9.67 Å². The number of hydrogen-bond donors (Lipinski definition) is 1. The zero-order valence-corrected chi connectivity index (χ0v) is 9.94. The van der Waals surface area contributed by atoms with Gasteiger partial charge in [0.15, 0.2) is 5.82 Å². The summed E-state index contributed by atoms with van der Waals surface area (Å²) < 4.78 is 9.91. The van der Waals surface area contributed by atoms with Gasteiger partial charge in [0.2, 0.25) is 0 Å². The molecule has 0 atom stereocenters. The highest BCUT2D eigenvalue weighted by Crippen LogP contribution is 2.26. The topological polar surface area (TPSA) is 68.3 Å². The molecule has 3 aromatic rings. The van der Waals surface area contributed by atoms with Gasteiger partial charge >= 0.3 is 0 Å². The van der Waals surface area contributed by atoms with Crippen molar-refractivity contribution in [3.63, 3.8) is 0 Å². The van der Waals surface area contributed by atoms with Crippen molar-refractivity contribution in [3.05, 3.63) is 47.0 Å². The summed E-state index contributed by atoms with van der Waals surface area (Å²) in [6, 6.07) is 7.02. The molecule has 1 N–H and O–H groups in total. The molecule has 0 aromatic carbocycles. The molecular formula is C12H8N2O3S. The van der Waals surface area contributed by atoms with E-state index in [1.807, 2.05) is 17.5 Å². The number of nitrogens with one attached hydrogen (secondary N) is 1. The molecule has 0 radical (unpaired) electrons. The Morgan fingerprint density at radius 2 is 2.28 bits per heavy atom. The quantitative estimate of drug-likeness (QED) is 0.784. The van der Waals surface area contributed by atoms with E-state index < -0.39 is 0 Å². The van der Waals surface area contributed by atoms with Gasteiger partial charge in [-0.15, -0.1) is 11.3 Å². The van der Waals surface area contributed by atoms with Crippen LogP contribution in [-0.2, 0) is 0 Å². The second kappa shape index (κ2) is 4.50. The Balaban J connectivity index is 1.79. The molecule has 0 aliphatic heterocycles. The maximum atomic E-state index is 11.9. The third kappa shape index (κ3) is 2.05. The van der Waals surface area contributed by atoms with Gasteiger partial charge in [0, 0.05) is 17.0 Å². The van der Waals surface area contributed by atoms with Crippen molar-refractivity contribution in [2.45, 2.75) is 0 Å². The van der Waals surface area contributed by atoms with Gasteiger partial charge in [-0.1, -0.05) is 5.16 Å². The summed E-state index contributed by atoms with van der Waals surface area (Å²) in [4.78, 5) is 12.5. The zero-order valence-electron chi connectivity index (χ0n) is 9.12. The Morgan fingerprint density at radius 1 is 1.33 bits per heavy atom. The molecule has 0 fully saturated rings. The van der Waals surface area contributed by atoms with Crippen molar-refractivity contribution < 1.29 is 13.7 Å². The first-order chi connectivity index (χ1) is 8.83. The van der Waals surface area contributed by atoms with Crippen molar-refractivity contribution >= 4 is 23.1 Å². The lowest BCUT2D eigenvalue weighted by Gasteiger charge is -1.96. The SMILES string of the molecule is O=C(Nc1ccon1)c1cc(-c2ccco2)cs1. The van der Waals surface area contributed by atoms with Crippen LogP contribution in [0.4, 0.5) is 5.82 Å². The molecule has 0 spiro atoms. The summed E-state index contributed by atoms with van der Waals surface area (Å²) in [5.41, 5.74) is 0.885. The highest BCUT2D eigenvalue weighted by atomic mass is 32.1. The molecule has 3 aromatic heterocycles. The standard InChI is InChI=1S/C12H8N2O3S/c15-12(13-11-3-5-17-14-11)10-6-8(7-18-10)9-2-1-4-16-9/h1-7H,(H,13,14,15). The second-order valence-corrected chi connectivity index (χ2v) is 4.43. The van der Waals surface area contributed by atoms with Gasteiger partial charge in [-0.05, 0) is 18.2 Å². The molecular weight excluding hydrogens is 252 g/mol. The number of nitrogens with zero attached hydrogens (tertiary/aromatic N) is 1. The number of rotatable bonds is 3. The molecule has 0 unspecified atom stereocenters. The van der Waals surface area contributed by atoms with E-state index >= 15 is 0 Å². The molecule has 90 valence electrons. The molecule has 0 bridgehead atoms. The minimum atomic E-state index is -0.216. The van der Waals surface area contributed by atoms with Gasteiger partial charge in [0.1, 0.15) is 12.0 Å². The lowest BCUT2D eigenvalue weighted by Crippen LogP contribution is -2.10. The number of carbonyl (C=O) groups excluding carboxylic acids is 1. The van der Waals surface area contributed by atoms with Crippen molar-refractivity contribution in [1.29, 1.82) is 0 Å². The number of hydrogen-bond acceptors (Lipinski definition) is 5. The van der Waals surface area contributed by atoms with Crippen molar-refractivity contribution in [3.8, 4) is 11.3 Å². The largest absolute Gasteiger partial charge is 0.464 e. The maximum absolute atomic E-state index is 11.9. The smallest absolute Gasteiger partial charge is 0.266 e. The Bertz CT molecular complexity index is 641. The summed E-state index contributed by atoms with van der Waals surface area (Å²) in [6.45, 7) is 0.